The van der Waals surface area contributed by atoms with E-state index in [9.17, 15) is 0 Å². The maximum atomic E-state index is 5.78. The zero-order valence-electron chi connectivity index (χ0n) is 10.5. The van der Waals surface area contributed by atoms with E-state index >= 15 is 0 Å². The number of benzene rings is 1. The summed E-state index contributed by atoms with van der Waals surface area (Å²) in [6, 6.07) is 8.99. The number of para-hydroxylation sites is 1. The fourth-order valence-electron chi connectivity index (χ4n) is 3.24. The fraction of sp³-hybridized carbons (Fsp3) is 0.600. The van der Waals surface area contributed by atoms with Gasteiger partial charge in [0.1, 0.15) is 0 Å². The van der Waals surface area contributed by atoms with Gasteiger partial charge in [0.25, 0.3) is 0 Å². The Balaban J connectivity index is 1.93. The average Bonchev–Trinajstić information content (AvgIpc) is 2.94. The van der Waals surface area contributed by atoms with Gasteiger partial charge in [0, 0.05) is 18.8 Å². The SMILES string of the molecule is NCCC1(c2ccccc2N2CCCC2)CC1. The van der Waals surface area contributed by atoms with Crippen LogP contribution in [0, 0.1) is 0 Å². The van der Waals surface area contributed by atoms with E-state index < -0.39 is 0 Å². The molecule has 0 bridgehead atoms. The van der Waals surface area contributed by atoms with E-state index in [0.717, 1.165) is 13.0 Å². The van der Waals surface area contributed by atoms with E-state index in [1.165, 1.54) is 44.5 Å². The van der Waals surface area contributed by atoms with Crippen LogP contribution in [0.3, 0.4) is 0 Å². The summed E-state index contributed by atoms with van der Waals surface area (Å²) < 4.78 is 0. The molecule has 0 aromatic heterocycles. The van der Waals surface area contributed by atoms with Crippen LogP contribution in [0.5, 0.6) is 0 Å². The molecule has 0 spiro atoms. The van der Waals surface area contributed by atoms with E-state index in [2.05, 4.69) is 29.2 Å². The minimum atomic E-state index is 0.425. The van der Waals surface area contributed by atoms with Crippen molar-refractivity contribution in [1.82, 2.24) is 0 Å². The first-order valence-electron chi connectivity index (χ1n) is 6.90. The highest BCUT2D eigenvalue weighted by Crippen LogP contribution is 2.53. The molecule has 2 fully saturated rings. The van der Waals surface area contributed by atoms with Crippen molar-refractivity contribution >= 4 is 5.69 Å². The molecule has 2 nitrogen and oxygen atoms in total. The van der Waals surface area contributed by atoms with Crippen molar-refractivity contribution in [1.29, 1.82) is 0 Å². The molecule has 1 saturated carbocycles. The molecule has 0 unspecified atom stereocenters. The Morgan fingerprint density at radius 1 is 1.12 bits per heavy atom. The standard InChI is InChI=1S/C15H22N2/c16-10-9-15(7-8-15)13-5-1-2-6-14(13)17-11-3-4-12-17/h1-2,5-6H,3-4,7-12,16H2. The van der Waals surface area contributed by atoms with Crippen molar-refractivity contribution in [3.63, 3.8) is 0 Å². The summed E-state index contributed by atoms with van der Waals surface area (Å²) in [5.41, 5.74) is 9.25. The highest BCUT2D eigenvalue weighted by molar-refractivity contribution is 5.59. The lowest BCUT2D eigenvalue weighted by Gasteiger charge is -2.26. The first kappa shape index (κ1) is 11.1. The van der Waals surface area contributed by atoms with E-state index in [1.807, 2.05) is 0 Å². The van der Waals surface area contributed by atoms with Crippen molar-refractivity contribution in [2.75, 3.05) is 24.5 Å². The van der Waals surface area contributed by atoms with E-state index in [4.69, 9.17) is 5.73 Å². The Hall–Kier alpha value is -1.02. The van der Waals surface area contributed by atoms with Crippen LogP contribution in [0.25, 0.3) is 0 Å². The van der Waals surface area contributed by atoms with Crippen LogP contribution < -0.4 is 10.6 Å². The van der Waals surface area contributed by atoms with Crippen molar-refractivity contribution in [3.05, 3.63) is 29.8 Å². The molecule has 0 atom stereocenters. The highest BCUT2D eigenvalue weighted by atomic mass is 15.1. The number of rotatable bonds is 4. The van der Waals surface area contributed by atoms with E-state index in [-0.39, 0.29) is 0 Å². The third-order valence-electron chi connectivity index (χ3n) is 4.40. The van der Waals surface area contributed by atoms with Crippen LogP contribution in [0.4, 0.5) is 5.69 Å². The van der Waals surface area contributed by atoms with Crippen molar-refractivity contribution < 1.29 is 0 Å². The smallest absolute Gasteiger partial charge is 0.0404 e. The summed E-state index contributed by atoms with van der Waals surface area (Å²) in [7, 11) is 0. The zero-order valence-corrected chi connectivity index (χ0v) is 10.5. The van der Waals surface area contributed by atoms with Crippen molar-refractivity contribution in [2.24, 2.45) is 5.73 Å². The monoisotopic (exact) mass is 230 g/mol. The molecule has 0 radical (unpaired) electrons. The molecule has 1 aliphatic carbocycles. The lowest BCUT2D eigenvalue weighted by Crippen LogP contribution is -2.23. The predicted molar refractivity (Wildman–Crippen MR) is 72.5 cm³/mol. The molecule has 1 aromatic rings. The molecular formula is C15H22N2. The van der Waals surface area contributed by atoms with E-state index in [1.54, 1.807) is 5.56 Å². The third-order valence-corrected chi connectivity index (χ3v) is 4.40. The second kappa shape index (κ2) is 4.34. The predicted octanol–water partition coefficient (Wildman–Crippen LogP) is 2.67. The molecule has 0 amide bonds. The second-order valence-corrected chi connectivity index (χ2v) is 5.53. The van der Waals surface area contributed by atoms with Gasteiger partial charge in [-0.2, -0.15) is 0 Å². The van der Waals surface area contributed by atoms with Crippen LogP contribution in [-0.2, 0) is 5.41 Å². The van der Waals surface area contributed by atoms with Crippen LogP contribution in [0.2, 0.25) is 0 Å². The zero-order chi connectivity index (χ0) is 11.7. The lowest BCUT2D eigenvalue weighted by atomic mass is 9.90. The maximum absolute atomic E-state index is 5.78. The average molecular weight is 230 g/mol. The van der Waals surface area contributed by atoms with E-state index in [0.29, 0.717) is 5.41 Å². The Morgan fingerprint density at radius 2 is 1.82 bits per heavy atom. The van der Waals surface area contributed by atoms with Gasteiger partial charge in [0.15, 0.2) is 0 Å². The van der Waals surface area contributed by atoms with Crippen molar-refractivity contribution in [3.8, 4) is 0 Å². The first-order chi connectivity index (χ1) is 8.36. The van der Waals surface area contributed by atoms with Crippen LogP contribution in [0.15, 0.2) is 24.3 Å². The van der Waals surface area contributed by atoms with Crippen LogP contribution in [-0.4, -0.2) is 19.6 Å². The molecule has 1 heterocycles. The van der Waals surface area contributed by atoms with Gasteiger partial charge in [0.2, 0.25) is 0 Å². The molecule has 17 heavy (non-hydrogen) atoms. The molecule has 92 valence electrons. The molecule has 1 aliphatic heterocycles. The summed E-state index contributed by atoms with van der Waals surface area (Å²) in [6.07, 6.45) is 6.50. The van der Waals surface area contributed by atoms with Gasteiger partial charge in [0.05, 0.1) is 0 Å². The first-order valence-corrected chi connectivity index (χ1v) is 6.90. The van der Waals surface area contributed by atoms with Gasteiger partial charge in [-0.25, -0.2) is 0 Å². The topological polar surface area (TPSA) is 29.3 Å². The maximum Gasteiger partial charge on any atom is 0.0404 e. The Labute approximate surface area is 104 Å². The minimum absolute atomic E-state index is 0.425. The van der Waals surface area contributed by atoms with Gasteiger partial charge in [-0.15, -0.1) is 0 Å². The van der Waals surface area contributed by atoms with Gasteiger partial charge in [-0.1, -0.05) is 18.2 Å². The molecule has 1 aromatic carbocycles. The number of hydrogen-bond acceptors (Lipinski definition) is 2. The quantitative estimate of drug-likeness (QED) is 0.861. The number of anilines is 1. The molecule has 2 aliphatic rings. The molecule has 3 rings (SSSR count). The molecule has 2 heteroatoms. The van der Waals surface area contributed by atoms with Crippen molar-refractivity contribution in [2.45, 2.75) is 37.5 Å². The minimum Gasteiger partial charge on any atom is -0.371 e. The van der Waals surface area contributed by atoms with Crippen LogP contribution in [0.1, 0.15) is 37.7 Å². The fourth-order valence-corrected chi connectivity index (χ4v) is 3.24. The highest BCUT2D eigenvalue weighted by Gasteiger charge is 2.45. The number of nitrogens with zero attached hydrogens (tertiary/aromatic N) is 1. The summed E-state index contributed by atoms with van der Waals surface area (Å²) in [6.45, 7) is 3.28. The Bertz CT molecular complexity index is 390. The number of hydrogen-bond donors (Lipinski definition) is 1. The number of nitrogens with two attached hydrogens (primary N) is 1. The normalized spacial score (nSPS) is 21.8. The van der Waals surface area contributed by atoms with Crippen LogP contribution >= 0.6 is 0 Å². The van der Waals surface area contributed by atoms with Gasteiger partial charge in [-0.3, -0.25) is 0 Å². The van der Waals surface area contributed by atoms with Gasteiger partial charge >= 0.3 is 0 Å². The Kier molecular flexibility index (Phi) is 2.83. The molecule has 1 saturated heterocycles. The van der Waals surface area contributed by atoms with Gasteiger partial charge < -0.3 is 10.6 Å². The van der Waals surface area contributed by atoms with Gasteiger partial charge in [-0.05, 0) is 55.7 Å². The Morgan fingerprint density at radius 3 is 2.47 bits per heavy atom. The summed E-state index contributed by atoms with van der Waals surface area (Å²) >= 11 is 0. The summed E-state index contributed by atoms with van der Waals surface area (Å²) in [5.74, 6) is 0. The second-order valence-electron chi connectivity index (χ2n) is 5.53. The molecular weight excluding hydrogens is 208 g/mol. The molecule has 2 N–H and O–H groups in total. The largest absolute Gasteiger partial charge is 0.371 e. The third kappa shape index (κ3) is 1.95. The lowest BCUT2D eigenvalue weighted by molar-refractivity contribution is 0.627. The summed E-state index contributed by atoms with van der Waals surface area (Å²) in [5, 5.41) is 0. The summed E-state index contributed by atoms with van der Waals surface area (Å²) in [4.78, 5) is 2.56.